The third kappa shape index (κ3) is 3.69. The second kappa shape index (κ2) is 6.53. The van der Waals surface area contributed by atoms with E-state index in [0.717, 1.165) is 16.7 Å². The quantitative estimate of drug-likeness (QED) is 0.796. The Balaban J connectivity index is 2.02. The maximum atomic E-state index is 11.6. The van der Waals surface area contributed by atoms with Gasteiger partial charge in [-0.05, 0) is 23.6 Å². The fraction of sp³-hybridized carbons (Fsp3) is 0.176. The number of nitrogens with zero attached hydrogens (tertiary/aromatic N) is 1. The van der Waals surface area contributed by atoms with Gasteiger partial charge in [-0.25, -0.2) is 0 Å². The van der Waals surface area contributed by atoms with Crippen LogP contribution in [0.1, 0.15) is 12.5 Å². The van der Waals surface area contributed by atoms with Crippen molar-refractivity contribution in [3.63, 3.8) is 0 Å². The third-order valence-corrected chi connectivity index (χ3v) is 2.90. The van der Waals surface area contributed by atoms with Crippen LogP contribution in [0, 0.1) is 11.3 Å². The van der Waals surface area contributed by atoms with E-state index in [-0.39, 0.29) is 12.4 Å². The van der Waals surface area contributed by atoms with Crippen molar-refractivity contribution in [2.24, 2.45) is 0 Å². The first-order valence-electron chi connectivity index (χ1n) is 6.42. The van der Waals surface area contributed by atoms with Gasteiger partial charge in [-0.2, -0.15) is 5.26 Å². The molecule has 2 rings (SSSR count). The van der Waals surface area contributed by atoms with E-state index in [9.17, 15) is 4.79 Å². The predicted molar refractivity (Wildman–Crippen MR) is 76.7 cm³/mol. The Morgan fingerprint density at radius 2 is 1.70 bits per heavy atom. The minimum absolute atomic E-state index is 0.182. The zero-order valence-corrected chi connectivity index (χ0v) is 11.2. The van der Waals surface area contributed by atoms with Crippen LogP contribution in [0.5, 0.6) is 0 Å². The molecule has 0 saturated carbocycles. The van der Waals surface area contributed by atoms with Crippen molar-refractivity contribution in [2.45, 2.75) is 19.4 Å². The molecular weight excluding hydrogens is 250 g/mol. The number of carbonyl (C=O) groups is 1. The summed E-state index contributed by atoms with van der Waals surface area (Å²) in [5.74, 6) is -0.383. The van der Waals surface area contributed by atoms with E-state index in [4.69, 9.17) is 10.00 Å². The maximum absolute atomic E-state index is 11.6. The van der Waals surface area contributed by atoms with Crippen LogP contribution in [0.3, 0.4) is 0 Å². The van der Waals surface area contributed by atoms with E-state index in [1.807, 2.05) is 60.7 Å². The normalized spacial score (nSPS) is 11.4. The molecule has 0 bridgehead atoms. The second-order valence-electron chi connectivity index (χ2n) is 4.50. The highest BCUT2D eigenvalue weighted by Crippen LogP contribution is 2.19. The lowest BCUT2D eigenvalue weighted by Crippen LogP contribution is -2.14. The smallest absolute Gasteiger partial charge is 0.311 e. The van der Waals surface area contributed by atoms with Crippen molar-refractivity contribution in [2.75, 3.05) is 0 Å². The van der Waals surface area contributed by atoms with Crippen LogP contribution in [-0.4, -0.2) is 12.1 Å². The Morgan fingerprint density at radius 3 is 2.30 bits per heavy atom. The third-order valence-electron chi connectivity index (χ3n) is 2.90. The molecule has 2 aromatic rings. The van der Waals surface area contributed by atoms with Crippen LogP contribution in [0.25, 0.3) is 11.1 Å². The zero-order chi connectivity index (χ0) is 14.4. The Kier molecular flexibility index (Phi) is 4.52. The first-order valence-corrected chi connectivity index (χ1v) is 6.42. The minimum atomic E-state index is -0.703. The summed E-state index contributed by atoms with van der Waals surface area (Å²) < 4.78 is 4.92. The second-order valence-corrected chi connectivity index (χ2v) is 4.50. The average Bonchev–Trinajstić information content (AvgIpc) is 2.48. The van der Waals surface area contributed by atoms with Gasteiger partial charge in [0.15, 0.2) is 6.10 Å². The molecule has 0 unspecified atom stereocenters. The lowest BCUT2D eigenvalue weighted by molar-refractivity contribution is -0.145. The number of hydrogen-bond donors (Lipinski definition) is 0. The van der Waals surface area contributed by atoms with Gasteiger partial charge in [0, 0.05) is 0 Å². The van der Waals surface area contributed by atoms with Crippen molar-refractivity contribution < 1.29 is 9.53 Å². The van der Waals surface area contributed by atoms with Gasteiger partial charge in [0.2, 0.25) is 0 Å². The van der Waals surface area contributed by atoms with E-state index >= 15 is 0 Å². The summed E-state index contributed by atoms with van der Waals surface area (Å²) in [6.07, 6.45) is -0.521. The average molecular weight is 265 g/mol. The van der Waals surface area contributed by atoms with Crippen LogP contribution in [0.2, 0.25) is 0 Å². The summed E-state index contributed by atoms with van der Waals surface area (Å²) in [5, 5.41) is 8.58. The lowest BCUT2D eigenvalue weighted by Gasteiger charge is -2.07. The standard InChI is InChI=1S/C17H15NO2/c1-13(12-18)20-17(19)11-14-7-9-16(10-8-14)15-5-3-2-4-6-15/h2-10,13H,11H2,1H3/t13-/m1/s1. The molecule has 3 nitrogen and oxygen atoms in total. The molecule has 0 aliphatic rings. The highest BCUT2D eigenvalue weighted by molar-refractivity contribution is 5.73. The Labute approximate surface area is 118 Å². The molecule has 0 fully saturated rings. The SMILES string of the molecule is C[C@H](C#N)OC(=O)Cc1ccc(-c2ccccc2)cc1. The molecule has 0 aliphatic carbocycles. The first-order chi connectivity index (χ1) is 9.69. The molecular formula is C17H15NO2. The van der Waals surface area contributed by atoms with Gasteiger partial charge in [0.25, 0.3) is 0 Å². The molecule has 0 radical (unpaired) electrons. The van der Waals surface area contributed by atoms with Gasteiger partial charge in [-0.15, -0.1) is 0 Å². The van der Waals surface area contributed by atoms with Crippen molar-refractivity contribution in [1.82, 2.24) is 0 Å². The van der Waals surface area contributed by atoms with Gasteiger partial charge < -0.3 is 4.74 Å². The van der Waals surface area contributed by atoms with Gasteiger partial charge in [0.05, 0.1) is 6.42 Å². The Morgan fingerprint density at radius 1 is 1.10 bits per heavy atom. The monoisotopic (exact) mass is 265 g/mol. The number of esters is 1. The lowest BCUT2D eigenvalue weighted by atomic mass is 10.0. The first kappa shape index (κ1) is 13.8. The maximum Gasteiger partial charge on any atom is 0.311 e. The van der Waals surface area contributed by atoms with Crippen LogP contribution < -0.4 is 0 Å². The number of ether oxygens (including phenoxy) is 1. The summed E-state index contributed by atoms with van der Waals surface area (Å²) in [6, 6.07) is 19.7. The predicted octanol–water partition coefficient (Wildman–Crippen LogP) is 3.35. The highest BCUT2D eigenvalue weighted by Gasteiger charge is 2.09. The summed E-state index contributed by atoms with van der Waals surface area (Å²) in [6.45, 7) is 1.55. The molecule has 0 aromatic heterocycles. The Bertz CT molecular complexity index is 612. The molecule has 2 aromatic carbocycles. The van der Waals surface area contributed by atoms with Gasteiger partial charge in [0.1, 0.15) is 6.07 Å². The van der Waals surface area contributed by atoms with Crippen LogP contribution in [0.4, 0.5) is 0 Å². The topological polar surface area (TPSA) is 50.1 Å². The molecule has 1 atom stereocenters. The largest absolute Gasteiger partial charge is 0.447 e. The number of benzene rings is 2. The van der Waals surface area contributed by atoms with Crippen LogP contribution >= 0.6 is 0 Å². The Hall–Kier alpha value is -2.60. The molecule has 0 heterocycles. The molecule has 0 spiro atoms. The van der Waals surface area contributed by atoms with Crippen LogP contribution in [0.15, 0.2) is 54.6 Å². The molecule has 0 saturated heterocycles. The highest BCUT2D eigenvalue weighted by atomic mass is 16.5. The van der Waals surface area contributed by atoms with E-state index in [1.165, 1.54) is 0 Å². The van der Waals surface area contributed by atoms with Crippen LogP contribution in [-0.2, 0) is 16.0 Å². The molecule has 0 N–H and O–H groups in total. The van der Waals surface area contributed by atoms with E-state index in [1.54, 1.807) is 6.92 Å². The number of hydrogen-bond acceptors (Lipinski definition) is 3. The zero-order valence-electron chi connectivity index (χ0n) is 11.2. The number of carbonyl (C=O) groups excluding carboxylic acids is 1. The number of nitriles is 1. The summed E-state index contributed by atoms with van der Waals surface area (Å²) in [5.41, 5.74) is 3.12. The van der Waals surface area contributed by atoms with Gasteiger partial charge in [-0.3, -0.25) is 4.79 Å². The fourth-order valence-electron chi connectivity index (χ4n) is 1.88. The van der Waals surface area contributed by atoms with Gasteiger partial charge in [-0.1, -0.05) is 54.6 Å². The summed E-state index contributed by atoms with van der Waals surface area (Å²) >= 11 is 0. The molecule has 3 heteroatoms. The van der Waals surface area contributed by atoms with Crippen molar-refractivity contribution >= 4 is 5.97 Å². The molecule has 20 heavy (non-hydrogen) atoms. The van der Waals surface area contributed by atoms with Crippen molar-refractivity contribution in [3.8, 4) is 17.2 Å². The van der Waals surface area contributed by atoms with E-state index in [2.05, 4.69) is 0 Å². The molecule has 0 aliphatic heterocycles. The fourth-order valence-corrected chi connectivity index (χ4v) is 1.88. The molecule has 100 valence electrons. The minimum Gasteiger partial charge on any atom is -0.447 e. The van der Waals surface area contributed by atoms with Gasteiger partial charge >= 0.3 is 5.97 Å². The van der Waals surface area contributed by atoms with E-state index in [0.29, 0.717) is 0 Å². The molecule has 0 amide bonds. The summed E-state index contributed by atoms with van der Waals surface area (Å²) in [7, 11) is 0. The van der Waals surface area contributed by atoms with Crippen molar-refractivity contribution in [1.29, 1.82) is 5.26 Å². The van der Waals surface area contributed by atoms with E-state index < -0.39 is 6.10 Å². The number of rotatable bonds is 4. The van der Waals surface area contributed by atoms with Crippen molar-refractivity contribution in [3.05, 3.63) is 60.2 Å². The summed E-state index contributed by atoms with van der Waals surface area (Å²) in [4.78, 5) is 11.6.